The van der Waals surface area contributed by atoms with Crippen LogP contribution in [0.4, 0.5) is 0 Å². The van der Waals surface area contributed by atoms with E-state index in [0.29, 0.717) is 5.92 Å². The molecule has 2 fully saturated rings. The highest BCUT2D eigenvalue weighted by atomic mass is 16.5. The zero-order valence-electron chi connectivity index (χ0n) is 7.57. The summed E-state index contributed by atoms with van der Waals surface area (Å²) in [5, 5.41) is 9.78. The molecule has 0 radical (unpaired) electrons. The smallest absolute Gasteiger partial charge is 0.0963 e. The maximum atomic E-state index is 9.78. The Balaban J connectivity index is 1.84. The monoisotopic (exact) mass is 171 g/mol. The van der Waals surface area contributed by atoms with Crippen LogP contribution in [0.25, 0.3) is 0 Å². The normalized spacial score (nSPS) is 35.0. The van der Waals surface area contributed by atoms with Crippen molar-refractivity contribution in [1.82, 2.24) is 4.90 Å². The van der Waals surface area contributed by atoms with Crippen molar-refractivity contribution in [1.29, 1.82) is 0 Å². The molecular formula is C9H17NO2. The number of ether oxygens (including phenoxy) is 1. The Bertz CT molecular complexity index is 159. The van der Waals surface area contributed by atoms with Crippen LogP contribution in [0.3, 0.4) is 0 Å². The molecule has 2 atom stereocenters. The largest absolute Gasteiger partial charge is 0.390 e. The summed E-state index contributed by atoms with van der Waals surface area (Å²) >= 11 is 0. The van der Waals surface area contributed by atoms with Gasteiger partial charge in [-0.1, -0.05) is 0 Å². The molecule has 0 bridgehead atoms. The van der Waals surface area contributed by atoms with Crippen LogP contribution in [-0.4, -0.2) is 49.0 Å². The zero-order valence-corrected chi connectivity index (χ0v) is 7.57. The van der Waals surface area contributed by atoms with E-state index in [-0.39, 0.29) is 12.2 Å². The van der Waals surface area contributed by atoms with Gasteiger partial charge in [0.1, 0.15) is 0 Å². The van der Waals surface area contributed by atoms with Crippen molar-refractivity contribution in [2.24, 2.45) is 5.92 Å². The molecule has 0 aromatic rings. The van der Waals surface area contributed by atoms with Crippen molar-refractivity contribution in [3.8, 4) is 0 Å². The maximum absolute atomic E-state index is 9.78. The predicted molar refractivity (Wildman–Crippen MR) is 46.0 cm³/mol. The van der Waals surface area contributed by atoms with Gasteiger partial charge in [-0.3, -0.25) is 0 Å². The number of hydrogen-bond donors (Lipinski definition) is 1. The Kier molecular flexibility index (Phi) is 2.35. The van der Waals surface area contributed by atoms with Gasteiger partial charge in [-0.25, -0.2) is 0 Å². The first-order chi connectivity index (χ1) is 5.77. The van der Waals surface area contributed by atoms with Crippen molar-refractivity contribution >= 4 is 0 Å². The fraction of sp³-hybridized carbons (Fsp3) is 1.00. The minimum absolute atomic E-state index is 0.0660. The van der Waals surface area contributed by atoms with E-state index in [1.807, 2.05) is 0 Å². The second kappa shape index (κ2) is 3.32. The first kappa shape index (κ1) is 8.48. The summed E-state index contributed by atoms with van der Waals surface area (Å²) in [5.41, 5.74) is 0. The summed E-state index contributed by atoms with van der Waals surface area (Å²) in [7, 11) is 2.08. The van der Waals surface area contributed by atoms with Crippen molar-refractivity contribution < 1.29 is 9.84 Å². The van der Waals surface area contributed by atoms with Crippen LogP contribution >= 0.6 is 0 Å². The van der Waals surface area contributed by atoms with Crippen LogP contribution in [-0.2, 0) is 4.74 Å². The molecule has 1 N–H and O–H groups in total. The summed E-state index contributed by atoms with van der Waals surface area (Å²) in [6.07, 6.45) is 2.22. The Hall–Kier alpha value is -0.120. The molecule has 0 aromatic heterocycles. The minimum atomic E-state index is -0.215. The van der Waals surface area contributed by atoms with Gasteiger partial charge in [0, 0.05) is 13.1 Å². The van der Waals surface area contributed by atoms with Crippen LogP contribution in [0, 0.1) is 5.92 Å². The highest BCUT2D eigenvalue weighted by Gasteiger charge is 2.37. The van der Waals surface area contributed by atoms with Gasteiger partial charge in [-0.2, -0.15) is 0 Å². The van der Waals surface area contributed by atoms with Gasteiger partial charge >= 0.3 is 0 Å². The van der Waals surface area contributed by atoms with E-state index in [4.69, 9.17) is 4.74 Å². The van der Waals surface area contributed by atoms with Gasteiger partial charge in [0.05, 0.1) is 18.8 Å². The molecule has 2 aliphatic rings. The van der Waals surface area contributed by atoms with Crippen LogP contribution in [0.2, 0.25) is 0 Å². The second-order valence-corrected chi connectivity index (χ2v) is 4.00. The van der Waals surface area contributed by atoms with Gasteiger partial charge in [0.2, 0.25) is 0 Å². The molecule has 3 nitrogen and oxygen atoms in total. The topological polar surface area (TPSA) is 32.7 Å². The van der Waals surface area contributed by atoms with E-state index in [9.17, 15) is 5.11 Å². The molecule has 2 rings (SSSR count). The molecule has 1 saturated heterocycles. The number of hydrogen-bond acceptors (Lipinski definition) is 3. The number of likely N-dealkylation sites (N-methyl/N-ethyl adjacent to an activating group) is 1. The Morgan fingerprint density at radius 1 is 1.50 bits per heavy atom. The van der Waals surface area contributed by atoms with Crippen LogP contribution in [0.1, 0.15) is 12.8 Å². The Labute approximate surface area is 73.3 Å². The van der Waals surface area contributed by atoms with Crippen molar-refractivity contribution in [2.75, 3.05) is 26.7 Å². The van der Waals surface area contributed by atoms with Gasteiger partial charge in [0.25, 0.3) is 0 Å². The van der Waals surface area contributed by atoms with E-state index < -0.39 is 0 Å². The van der Waals surface area contributed by atoms with Crippen LogP contribution in [0.15, 0.2) is 0 Å². The average Bonchev–Trinajstić information content (AvgIpc) is 2.85. The summed E-state index contributed by atoms with van der Waals surface area (Å²) in [4.78, 5) is 2.22. The molecule has 2 unspecified atom stereocenters. The Morgan fingerprint density at radius 3 is 2.83 bits per heavy atom. The fourth-order valence-electron chi connectivity index (χ4n) is 1.76. The quantitative estimate of drug-likeness (QED) is 0.639. The number of aliphatic hydroxyl groups is 1. The minimum Gasteiger partial charge on any atom is -0.390 e. The third-order valence-corrected chi connectivity index (χ3v) is 2.78. The highest BCUT2D eigenvalue weighted by molar-refractivity contribution is 4.88. The third-order valence-electron chi connectivity index (χ3n) is 2.78. The maximum Gasteiger partial charge on any atom is 0.0963 e. The van der Waals surface area contributed by atoms with Gasteiger partial charge in [-0.05, 0) is 25.8 Å². The standard InChI is InChI=1S/C9H17NO2/c1-10-4-5-12-8(6-10)9(11)7-2-3-7/h7-9,11H,2-6H2,1H3. The molecule has 1 heterocycles. The van der Waals surface area contributed by atoms with Crippen molar-refractivity contribution in [3.63, 3.8) is 0 Å². The highest BCUT2D eigenvalue weighted by Crippen LogP contribution is 2.35. The lowest BCUT2D eigenvalue weighted by atomic mass is 10.1. The lowest BCUT2D eigenvalue weighted by molar-refractivity contribution is -0.0893. The number of morpholine rings is 1. The third kappa shape index (κ3) is 1.79. The van der Waals surface area contributed by atoms with E-state index in [1.54, 1.807) is 0 Å². The van der Waals surface area contributed by atoms with E-state index in [0.717, 1.165) is 19.7 Å². The Morgan fingerprint density at radius 2 is 2.25 bits per heavy atom. The average molecular weight is 171 g/mol. The van der Waals surface area contributed by atoms with Gasteiger partial charge < -0.3 is 14.7 Å². The first-order valence-electron chi connectivity index (χ1n) is 4.75. The number of aliphatic hydroxyl groups excluding tert-OH is 1. The number of rotatable bonds is 2. The number of nitrogens with zero attached hydrogens (tertiary/aromatic N) is 1. The molecule has 3 heteroatoms. The SMILES string of the molecule is CN1CCOC(C(O)C2CC2)C1. The summed E-state index contributed by atoms with van der Waals surface area (Å²) in [5.74, 6) is 0.529. The van der Waals surface area contributed by atoms with E-state index >= 15 is 0 Å². The molecule has 1 aliphatic carbocycles. The van der Waals surface area contributed by atoms with Crippen LogP contribution in [0.5, 0.6) is 0 Å². The molecule has 0 spiro atoms. The van der Waals surface area contributed by atoms with Crippen molar-refractivity contribution in [3.05, 3.63) is 0 Å². The lowest BCUT2D eigenvalue weighted by Crippen LogP contribution is -2.46. The molecule has 70 valence electrons. The molecule has 0 amide bonds. The molecular weight excluding hydrogens is 154 g/mol. The summed E-state index contributed by atoms with van der Waals surface area (Å²) in [6.45, 7) is 2.65. The fourth-order valence-corrected chi connectivity index (χ4v) is 1.76. The first-order valence-corrected chi connectivity index (χ1v) is 4.75. The van der Waals surface area contributed by atoms with E-state index in [1.165, 1.54) is 12.8 Å². The lowest BCUT2D eigenvalue weighted by Gasteiger charge is -2.32. The molecule has 1 saturated carbocycles. The summed E-state index contributed by atoms with van der Waals surface area (Å²) in [6, 6.07) is 0. The molecule has 0 aromatic carbocycles. The molecule has 12 heavy (non-hydrogen) atoms. The van der Waals surface area contributed by atoms with Gasteiger partial charge in [0.15, 0.2) is 0 Å². The van der Waals surface area contributed by atoms with E-state index in [2.05, 4.69) is 11.9 Å². The zero-order chi connectivity index (χ0) is 8.55. The van der Waals surface area contributed by atoms with Gasteiger partial charge in [-0.15, -0.1) is 0 Å². The predicted octanol–water partition coefficient (Wildman–Crippen LogP) is 0.0879. The van der Waals surface area contributed by atoms with Crippen LogP contribution < -0.4 is 0 Å². The second-order valence-electron chi connectivity index (χ2n) is 4.00. The molecule has 1 aliphatic heterocycles. The van der Waals surface area contributed by atoms with Crippen molar-refractivity contribution in [2.45, 2.75) is 25.0 Å². The summed E-state index contributed by atoms with van der Waals surface area (Å²) < 4.78 is 5.52.